The maximum absolute atomic E-state index is 14.1. The van der Waals surface area contributed by atoms with Gasteiger partial charge in [-0.2, -0.15) is 26.3 Å². The van der Waals surface area contributed by atoms with E-state index >= 15 is 0 Å². The fourth-order valence-electron chi connectivity index (χ4n) is 7.15. The van der Waals surface area contributed by atoms with Crippen LogP contribution in [0.1, 0.15) is 11.1 Å². The molecule has 4 unspecified atom stereocenters. The molecule has 6 nitrogen and oxygen atoms in total. The third-order valence-electron chi connectivity index (χ3n) is 9.20. The van der Waals surface area contributed by atoms with Crippen molar-refractivity contribution >= 4 is 0 Å². The van der Waals surface area contributed by atoms with Gasteiger partial charge in [-0.05, 0) is 57.7 Å². The molecule has 0 spiro atoms. The molecular weight excluding hydrogens is 740 g/mol. The standard InChI is InChI=1S/C35H26F12N2O4/c36-32(37,38)28(50)17-48(30(20-5-1-6-21(30)13-20)24-9-3-11-26(15-24)52-34(42,43)44)19-49(18-29(51)33(39,40)41)31(22-7-2-8-23(31)14-22)25-10-4-12-27(16-25)53-35(45,46)47/h1-16,28-29,50-51H,17-19H2. The maximum Gasteiger partial charge on any atom is 0.573 e. The zero-order chi connectivity index (χ0) is 38.8. The molecule has 0 saturated carbocycles. The van der Waals surface area contributed by atoms with Gasteiger partial charge in [0.15, 0.2) is 12.2 Å². The molecule has 53 heavy (non-hydrogen) atoms. The lowest BCUT2D eigenvalue weighted by Crippen LogP contribution is -2.65. The van der Waals surface area contributed by atoms with E-state index in [0.29, 0.717) is 0 Å². The number of nitrogens with zero attached hydrogens (tertiary/aromatic N) is 2. The number of allylic oxidation sites excluding steroid dienone is 4. The average molecular weight is 767 g/mol. The second-order valence-corrected chi connectivity index (χ2v) is 12.4. The van der Waals surface area contributed by atoms with Crippen molar-refractivity contribution < 1.29 is 72.4 Å². The summed E-state index contributed by atoms with van der Waals surface area (Å²) in [6.45, 7) is -3.76. The highest BCUT2D eigenvalue weighted by molar-refractivity contribution is 5.69. The Labute approximate surface area is 292 Å². The van der Waals surface area contributed by atoms with E-state index in [2.05, 4.69) is 9.47 Å². The van der Waals surface area contributed by atoms with Crippen LogP contribution in [0.25, 0.3) is 0 Å². The molecule has 2 aromatic rings. The summed E-state index contributed by atoms with van der Waals surface area (Å²) in [4.78, 5) is 1.81. The zero-order valence-corrected chi connectivity index (χ0v) is 26.7. The molecule has 2 aromatic carbocycles. The van der Waals surface area contributed by atoms with Gasteiger partial charge >= 0.3 is 25.1 Å². The molecule has 0 amide bonds. The number of hydrogen-bond donors (Lipinski definition) is 2. The van der Waals surface area contributed by atoms with Gasteiger partial charge in [0.25, 0.3) is 0 Å². The Balaban J connectivity index is 1.56. The predicted molar refractivity (Wildman–Crippen MR) is 163 cm³/mol. The van der Waals surface area contributed by atoms with Gasteiger partial charge in [-0.15, -0.1) is 26.3 Å². The minimum absolute atomic E-state index is 0.125. The van der Waals surface area contributed by atoms with Gasteiger partial charge < -0.3 is 19.7 Å². The van der Waals surface area contributed by atoms with Gasteiger partial charge in [0.1, 0.15) is 11.5 Å². The average Bonchev–Trinajstić information content (AvgIpc) is 3.03. The number of halogens is 12. The monoisotopic (exact) mass is 766 g/mol. The summed E-state index contributed by atoms with van der Waals surface area (Å²) >= 11 is 0. The van der Waals surface area contributed by atoms with E-state index in [0.717, 1.165) is 46.2 Å². The van der Waals surface area contributed by atoms with Gasteiger partial charge in [-0.3, -0.25) is 9.80 Å². The molecule has 0 heterocycles. The highest BCUT2D eigenvalue weighted by Crippen LogP contribution is 2.57. The molecule has 0 radical (unpaired) electrons. The fraction of sp³-hybridized carbons (Fsp3) is 0.314. The summed E-state index contributed by atoms with van der Waals surface area (Å²) in [5, 5.41) is 21.0. The van der Waals surface area contributed by atoms with Crippen molar-refractivity contribution in [3.8, 4) is 11.5 Å². The number of aliphatic hydroxyl groups excluding tert-OH is 2. The molecule has 0 aliphatic heterocycles. The quantitative estimate of drug-likeness (QED) is 0.170. The Morgan fingerprint density at radius 1 is 0.566 bits per heavy atom. The van der Waals surface area contributed by atoms with Crippen molar-refractivity contribution in [3.63, 3.8) is 0 Å². The minimum Gasteiger partial charge on any atom is -0.406 e. The third-order valence-corrected chi connectivity index (χ3v) is 9.20. The van der Waals surface area contributed by atoms with E-state index in [4.69, 9.17) is 0 Å². The molecule has 18 heteroatoms. The van der Waals surface area contributed by atoms with Crippen LogP contribution in [-0.4, -0.2) is 77.1 Å². The van der Waals surface area contributed by atoms with Crippen LogP contribution in [0, 0.1) is 0 Å². The van der Waals surface area contributed by atoms with Gasteiger partial charge in [-0.25, -0.2) is 0 Å². The third kappa shape index (κ3) is 7.12. The molecule has 2 N–H and O–H groups in total. The number of hydrogen-bond acceptors (Lipinski definition) is 6. The molecule has 0 aromatic heterocycles. The SMILES string of the molecule is OC(CN(CN(CC(O)C(F)(F)F)C1(c2cccc(OC(F)(F)F)c2)c2cccc1c2)C1(c2cccc(OC(F)(F)F)c2)c2cccc1c2)C(F)(F)F. The van der Waals surface area contributed by atoms with E-state index in [-0.39, 0.29) is 33.4 Å². The second kappa shape index (κ2) is 13.1. The van der Waals surface area contributed by atoms with Crippen LogP contribution in [-0.2, 0) is 11.1 Å². The second-order valence-electron chi connectivity index (χ2n) is 12.4. The lowest BCUT2D eigenvalue weighted by atomic mass is 9.63. The first-order chi connectivity index (χ1) is 24.5. The Morgan fingerprint density at radius 2 is 0.943 bits per heavy atom. The molecule has 0 fully saturated rings. The number of benzene rings is 2. The van der Waals surface area contributed by atoms with Crippen LogP contribution >= 0.6 is 0 Å². The Bertz CT molecular complexity index is 1770. The molecule has 0 saturated heterocycles. The first-order valence-corrected chi connectivity index (χ1v) is 15.5. The highest BCUT2D eigenvalue weighted by Gasteiger charge is 2.58. The van der Waals surface area contributed by atoms with Crippen LogP contribution in [0.15, 0.2) is 119 Å². The van der Waals surface area contributed by atoms with E-state index < -0.39 is 79.6 Å². The number of aliphatic hydroxyl groups is 2. The van der Waals surface area contributed by atoms with E-state index in [1.165, 1.54) is 60.7 Å². The van der Waals surface area contributed by atoms with Crippen LogP contribution in [0.5, 0.6) is 11.5 Å². The lowest BCUT2D eigenvalue weighted by Gasteiger charge is -2.58. The Morgan fingerprint density at radius 3 is 1.23 bits per heavy atom. The van der Waals surface area contributed by atoms with Crippen molar-refractivity contribution in [1.82, 2.24) is 9.80 Å². The first-order valence-electron chi connectivity index (χ1n) is 15.5. The zero-order valence-electron chi connectivity index (χ0n) is 26.7. The molecule has 4 atom stereocenters. The highest BCUT2D eigenvalue weighted by atomic mass is 19.4. The smallest absolute Gasteiger partial charge is 0.406 e. The normalized spacial score (nSPS) is 23.4. The van der Waals surface area contributed by atoms with E-state index in [9.17, 15) is 62.9 Å². The number of rotatable bonds is 12. The van der Waals surface area contributed by atoms with Gasteiger partial charge in [0.05, 0.1) is 17.7 Å². The van der Waals surface area contributed by atoms with Crippen LogP contribution < -0.4 is 9.47 Å². The van der Waals surface area contributed by atoms with Crippen LogP contribution in [0.3, 0.4) is 0 Å². The summed E-state index contributed by atoms with van der Waals surface area (Å²) in [5.74, 6) is -1.56. The van der Waals surface area contributed by atoms with Crippen molar-refractivity contribution in [1.29, 1.82) is 0 Å². The largest absolute Gasteiger partial charge is 0.573 e. The van der Waals surface area contributed by atoms with Gasteiger partial charge in [0.2, 0.25) is 0 Å². The predicted octanol–water partition coefficient (Wildman–Crippen LogP) is 7.85. The summed E-state index contributed by atoms with van der Waals surface area (Å²) < 4.78 is 172. The lowest BCUT2D eigenvalue weighted by molar-refractivity contribution is -0.275. The van der Waals surface area contributed by atoms with E-state index in [1.807, 2.05) is 0 Å². The summed E-state index contributed by atoms with van der Waals surface area (Å²) in [6, 6.07) is 8.35. The van der Waals surface area contributed by atoms with E-state index in [1.54, 1.807) is 0 Å². The summed E-state index contributed by atoms with van der Waals surface area (Å²) in [6.07, 6.45) is -15.8. The molecule has 6 rings (SSSR count). The molecule has 4 bridgehead atoms. The Hall–Kier alpha value is -4.52. The Kier molecular flexibility index (Phi) is 9.45. The van der Waals surface area contributed by atoms with Crippen molar-refractivity contribution in [3.05, 3.63) is 131 Å². The summed E-state index contributed by atoms with van der Waals surface area (Å²) in [7, 11) is 0. The van der Waals surface area contributed by atoms with Crippen molar-refractivity contribution in [2.45, 2.75) is 48.4 Å². The molecular formula is C35H26F12N2O4. The van der Waals surface area contributed by atoms with Crippen LogP contribution in [0.4, 0.5) is 52.7 Å². The van der Waals surface area contributed by atoms with Crippen molar-refractivity contribution in [2.75, 3.05) is 19.8 Å². The maximum atomic E-state index is 14.1. The topological polar surface area (TPSA) is 65.4 Å². The number of fused-ring (bicyclic) bond motifs is 4. The molecule has 4 aliphatic carbocycles. The molecule has 284 valence electrons. The van der Waals surface area contributed by atoms with Gasteiger partial charge in [-0.1, -0.05) is 72.9 Å². The van der Waals surface area contributed by atoms with Gasteiger partial charge in [0, 0.05) is 13.1 Å². The van der Waals surface area contributed by atoms with Crippen LogP contribution in [0.2, 0.25) is 0 Å². The summed E-state index contributed by atoms with van der Waals surface area (Å²) in [5.41, 5.74) is -3.46. The molecule has 4 aliphatic rings. The first kappa shape index (κ1) is 38.2. The number of ether oxygens (including phenoxy) is 2. The fourth-order valence-corrected chi connectivity index (χ4v) is 7.15. The minimum atomic E-state index is -5.31. The van der Waals surface area contributed by atoms with Crippen molar-refractivity contribution in [2.24, 2.45) is 0 Å². The number of alkyl halides is 12.